The molecule has 0 aliphatic heterocycles. The number of carbonyl (C=O) groups excluding carboxylic acids is 1. The zero-order valence-corrected chi connectivity index (χ0v) is 11.0. The summed E-state index contributed by atoms with van der Waals surface area (Å²) in [4.78, 5) is 27.4. The Bertz CT molecular complexity index is 828. The predicted molar refractivity (Wildman–Crippen MR) is 75.8 cm³/mol. The number of thiophene rings is 1. The van der Waals surface area contributed by atoms with Crippen LogP contribution in [0.4, 0.5) is 5.69 Å². The molecule has 0 radical (unpaired) electrons. The predicted octanol–water partition coefficient (Wildman–Crippen LogP) is 1.97. The van der Waals surface area contributed by atoms with Crippen LogP contribution in [-0.4, -0.2) is 15.5 Å². The summed E-state index contributed by atoms with van der Waals surface area (Å²) in [6.07, 6.45) is 0. The van der Waals surface area contributed by atoms with E-state index in [2.05, 4.69) is 4.98 Å². The van der Waals surface area contributed by atoms with Crippen LogP contribution in [0.1, 0.15) is 15.2 Å². The van der Waals surface area contributed by atoms with Gasteiger partial charge in [-0.2, -0.15) is 0 Å². The fourth-order valence-corrected chi connectivity index (χ4v) is 2.64. The van der Waals surface area contributed by atoms with Crippen LogP contribution in [0, 0.1) is 6.92 Å². The molecule has 3 aromatic rings. The zero-order valence-electron chi connectivity index (χ0n) is 10.1. The average Bonchev–Trinajstić information content (AvgIpc) is 2.97. The summed E-state index contributed by atoms with van der Waals surface area (Å²) in [7, 11) is 0. The molecule has 0 unspecified atom stereocenters. The number of nitrogen functional groups attached to an aromatic ring is 1. The van der Waals surface area contributed by atoms with Gasteiger partial charge in [0.25, 0.3) is 5.91 Å². The number of fused-ring (bicyclic) bond motifs is 1. The Morgan fingerprint density at radius 3 is 2.89 bits per heavy atom. The Balaban J connectivity index is 2.29. The van der Waals surface area contributed by atoms with E-state index in [4.69, 9.17) is 5.73 Å². The first-order valence-electron chi connectivity index (χ1n) is 5.67. The van der Waals surface area contributed by atoms with Crippen molar-refractivity contribution in [1.82, 2.24) is 9.55 Å². The molecule has 6 heteroatoms. The number of carbonyl (C=O) groups is 1. The third-order valence-corrected chi connectivity index (χ3v) is 3.86. The molecule has 0 aliphatic carbocycles. The van der Waals surface area contributed by atoms with Gasteiger partial charge in [-0.3, -0.25) is 4.79 Å². The van der Waals surface area contributed by atoms with Gasteiger partial charge in [0, 0.05) is 5.69 Å². The number of nitrogens with one attached hydrogen (secondary N) is 1. The van der Waals surface area contributed by atoms with Gasteiger partial charge in [0.05, 0.1) is 15.9 Å². The minimum Gasteiger partial charge on any atom is -0.398 e. The topological polar surface area (TPSA) is 80.9 Å². The lowest BCUT2D eigenvalue weighted by Crippen LogP contribution is -2.24. The largest absolute Gasteiger partial charge is 0.398 e. The van der Waals surface area contributed by atoms with Crippen molar-refractivity contribution in [3.05, 3.63) is 50.6 Å². The fourth-order valence-electron chi connectivity index (χ4n) is 1.99. The molecule has 0 aliphatic rings. The second-order valence-electron chi connectivity index (χ2n) is 4.27. The summed E-state index contributed by atoms with van der Waals surface area (Å²) in [5.74, 6) is -0.324. The smallest absolute Gasteiger partial charge is 0.333 e. The molecule has 0 saturated heterocycles. The van der Waals surface area contributed by atoms with Crippen molar-refractivity contribution in [3.63, 3.8) is 0 Å². The number of aromatic nitrogens is 2. The van der Waals surface area contributed by atoms with Gasteiger partial charge in [0.2, 0.25) is 0 Å². The van der Waals surface area contributed by atoms with Crippen LogP contribution in [0.5, 0.6) is 0 Å². The van der Waals surface area contributed by atoms with E-state index in [9.17, 15) is 9.59 Å². The molecule has 3 N–H and O–H groups in total. The zero-order chi connectivity index (χ0) is 13.6. The first-order chi connectivity index (χ1) is 9.08. The second kappa shape index (κ2) is 4.10. The highest BCUT2D eigenvalue weighted by Gasteiger charge is 2.17. The lowest BCUT2D eigenvalue weighted by atomic mass is 10.2. The van der Waals surface area contributed by atoms with Crippen molar-refractivity contribution in [2.45, 2.75) is 6.92 Å². The van der Waals surface area contributed by atoms with E-state index in [1.807, 2.05) is 6.92 Å². The lowest BCUT2D eigenvalue weighted by molar-refractivity contribution is 0.0965. The summed E-state index contributed by atoms with van der Waals surface area (Å²) in [6.45, 7) is 1.84. The summed E-state index contributed by atoms with van der Waals surface area (Å²) in [6, 6.07) is 6.89. The highest BCUT2D eigenvalue weighted by atomic mass is 32.1. The van der Waals surface area contributed by atoms with Crippen molar-refractivity contribution in [2.24, 2.45) is 0 Å². The standard InChI is InChI=1S/C13H11N3O2S/c1-7-5-10-9(6-8(7)14)15-13(18)16(10)12(17)11-3-2-4-19-11/h2-6H,14H2,1H3,(H,15,18). The first kappa shape index (κ1) is 11.7. The van der Waals surface area contributed by atoms with Crippen molar-refractivity contribution >= 4 is 34.0 Å². The number of hydrogen-bond donors (Lipinski definition) is 2. The maximum atomic E-state index is 12.3. The number of aromatic amines is 1. The third-order valence-electron chi connectivity index (χ3n) is 3.01. The van der Waals surface area contributed by atoms with Crippen LogP contribution in [0.15, 0.2) is 34.4 Å². The molecule has 0 amide bonds. The molecule has 96 valence electrons. The molecule has 0 atom stereocenters. The number of nitrogens with zero attached hydrogens (tertiary/aromatic N) is 1. The number of H-pyrrole nitrogens is 1. The Kier molecular flexibility index (Phi) is 2.53. The van der Waals surface area contributed by atoms with Gasteiger partial charge in [0.1, 0.15) is 0 Å². The van der Waals surface area contributed by atoms with Crippen LogP contribution in [0.2, 0.25) is 0 Å². The molecular weight excluding hydrogens is 262 g/mol. The Labute approximate surface area is 112 Å². The molecule has 0 spiro atoms. The number of hydrogen-bond acceptors (Lipinski definition) is 4. The minimum atomic E-state index is -0.446. The van der Waals surface area contributed by atoms with Gasteiger partial charge in [-0.05, 0) is 36.1 Å². The highest BCUT2D eigenvalue weighted by Crippen LogP contribution is 2.20. The molecular formula is C13H11N3O2S. The van der Waals surface area contributed by atoms with Gasteiger partial charge in [-0.1, -0.05) is 6.07 Å². The number of anilines is 1. The monoisotopic (exact) mass is 273 g/mol. The maximum Gasteiger partial charge on any atom is 0.333 e. The number of imidazole rings is 1. The summed E-state index contributed by atoms with van der Waals surface area (Å²) in [5, 5.41) is 1.80. The molecule has 1 aromatic carbocycles. The van der Waals surface area contributed by atoms with Crippen molar-refractivity contribution < 1.29 is 4.79 Å². The van der Waals surface area contributed by atoms with Crippen LogP contribution in [0.25, 0.3) is 11.0 Å². The van der Waals surface area contributed by atoms with Crippen LogP contribution >= 0.6 is 11.3 Å². The molecule has 0 fully saturated rings. The van der Waals surface area contributed by atoms with Gasteiger partial charge in [0.15, 0.2) is 0 Å². The van der Waals surface area contributed by atoms with E-state index in [-0.39, 0.29) is 5.91 Å². The quantitative estimate of drug-likeness (QED) is 0.665. The van der Waals surface area contributed by atoms with Crippen LogP contribution < -0.4 is 11.4 Å². The van der Waals surface area contributed by atoms with Gasteiger partial charge < -0.3 is 10.7 Å². The molecule has 5 nitrogen and oxygen atoms in total. The Hall–Kier alpha value is -2.34. The maximum absolute atomic E-state index is 12.3. The van der Waals surface area contributed by atoms with Crippen molar-refractivity contribution in [1.29, 1.82) is 0 Å². The van der Waals surface area contributed by atoms with E-state index >= 15 is 0 Å². The van der Waals surface area contributed by atoms with Gasteiger partial charge in [-0.25, -0.2) is 9.36 Å². The van der Waals surface area contributed by atoms with E-state index in [0.29, 0.717) is 21.6 Å². The minimum absolute atomic E-state index is 0.324. The SMILES string of the molecule is Cc1cc2c(cc1N)[nH]c(=O)n2C(=O)c1cccs1. The summed E-state index contributed by atoms with van der Waals surface area (Å²) < 4.78 is 1.15. The highest BCUT2D eigenvalue weighted by molar-refractivity contribution is 7.12. The van der Waals surface area contributed by atoms with Crippen molar-refractivity contribution in [3.8, 4) is 0 Å². The normalized spacial score (nSPS) is 11.0. The summed E-state index contributed by atoms with van der Waals surface area (Å²) in [5.41, 5.74) is 7.89. The van der Waals surface area contributed by atoms with Gasteiger partial charge in [-0.15, -0.1) is 11.3 Å². The summed E-state index contributed by atoms with van der Waals surface area (Å²) >= 11 is 1.31. The first-order valence-corrected chi connectivity index (χ1v) is 6.55. The number of rotatable bonds is 1. The van der Waals surface area contributed by atoms with Crippen LogP contribution in [-0.2, 0) is 0 Å². The molecule has 2 heterocycles. The third kappa shape index (κ3) is 1.77. The lowest BCUT2D eigenvalue weighted by Gasteiger charge is -2.02. The number of nitrogens with two attached hydrogens (primary N) is 1. The molecule has 2 aromatic heterocycles. The Morgan fingerprint density at radius 1 is 1.42 bits per heavy atom. The molecule has 19 heavy (non-hydrogen) atoms. The number of benzene rings is 1. The molecule has 3 rings (SSSR count). The number of aryl methyl sites for hydroxylation is 1. The van der Waals surface area contributed by atoms with Gasteiger partial charge >= 0.3 is 5.69 Å². The van der Waals surface area contributed by atoms with E-state index < -0.39 is 5.69 Å². The van der Waals surface area contributed by atoms with Crippen LogP contribution in [0.3, 0.4) is 0 Å². The second-order valence-corrected chi connectivity index (χ2v) is 5.22. The van der Waals surface area contributed by atoms with E-state index in [0.717, 1.165) is 10.1 Å². The molecule has 0 saturated carbocycles. The van der Waals surface area contributed by atoms with E-state index in [1.54, 1.807) is 29.6 Å². The average molecular weight is 273 g/mol. The Morgan fingerprint density at radius 2 is 2.21 bits per heavy atom. The van der Waals surface area contributed by atoms with E-state index in [1.165, 1.54) is 11.3 Å². The molecule has 0 bridgehead atoms. The van der Waals surface area contributed by atoms with Crippen molar-refractivity contribution in [2.75, 3.05) is 5.73 Å². The fraction of sp³-hybridized carbons (Fsp3) is 0.0769.